The second-order valence-corrected chi connectivity index (χ2v) is 4.53. The molecule has 0 saturated heterocycles. The van der Waals surface area contributed by atoms with E-state index >= 15 is 0 Å². The Kier molecular flexibility index (Phi) is 7.42. The summed E-state index contributed by atoms with van der Waals surface area (Å²) in [5.74, 6) is 0.401. The Hall–Kier alpha value is -1.92. The molecule has 0 aliphatic heterocycles. The summed E-state index contributed by atoms with van der Waals surface area (Å²) in [6.45, 7) is 1.00. The van der Waals surface area contributed by atoms with Crippen LogP contribution in [-0.2, 0) is 14.3 Å². The number of nitrogens with two attached hydrogens (primary N) is 1. The number of carbonyl (C=O) groups is 1. The molecule has 1 amide bonds. The molecule has 116 valence electrons. The molecular formula is C15H23N3O3. The van der Waals surface area contributed by atoms with Crippen molar-refractivity contribution in [2.75, 3.05) is 39.3 Å². The van der Waals surface area contributed by atoms with Gasteiger partial charge in [0.05, 0.1) is 18.4 Å². The Morgan fingerprint density at radius 3 is 2.71 bits per heavy atom. The molecule has 0 saturated carbocycles. The third-order valence-corrected chi connectivity index (χ3v) is 3.24. The molecule has 1 atom stereocenters. The smallest absolute Gasteiger partial charge is 0.214 e. The molecule has 0 spiro atoms. The van der Waals surface area contributed by atoms with Gasteiger partial charge in [-0.05, 0) is 18.6 Å². The van der Waals surface area contributed by atoms with Crippen LogP contribution in [0.1, 0.15) is 12.0 Å². The number of rotatable bonds is 9. The Morgan fingerprint density at radius 1 is 1.43 bits per heavy atom. The Balaban J connectivity index is 2.88. The molecule has 0 aliphatic rings. The van der Waals surface area contributed by atoms with Gasteiger partial charge in [-0.25, -0.2) is 0 Å². The van der Waals surface area contributed by atoms with Gasteiger partial charge >= 0.3 is 0 Å². The number of para-hydroxylation sites is 1. The number of methoxy groups -OCH3 is 2. The first-order valence-corrected chi connectivity index (χ1v) is 6.73. The lowest BCUT2D eigenvalue weighted by molar-refractivity contribution is -0.107. The average Bonchev–Trinajstić information content (AvgIpc) is 2.54. The van der Waals surface area contributed by atoms with Gasteiger partial charge in [-0.15, -0.1) is 0 Å². The van der Waals surface area contributed by atoms with Crippen molar-refractivity contribution in [1.82, 2.24) is 0 Å². The summed E-state index contributed by atoms with van der Waals surface area (Å²) in [6, 6.07) is 7.42. The lowest BCUT2D eigenvalue weighted by Gasteiger charge is -2.23. The molecule has 1 aromatic carbocycles. The summed E-state index contributed by atoms with van der Waals surface area (Å²) in [7, 11) is 4.87. The number of amides is 1. The lowest BCUT2D eigenvalue weighted by Crippen LogP contribution is -2.30. The fourth-order valence-electron chi connectivity index (χ4n) is 2.03. The Labute approximate surface area is 125 Å². The summed E-state index contributed by atoms with van der Waals surface area (Å²) >= 11 is 0. The van der Waals surface area contributed by atoms with E-state index in [1.54, 1.807) is 26.2 Å². The van der Waals surface area contributed by atoms with Crippen LogP contribution in [0.4, 0.5) is 5.69 Å². The third kappa shape index (κ3) is 4.84. The summed E-state index contributed by atoms with van der Waals surface area (Å²) in [6.07, 6.45) is 1.41. The molecule has 0 radical (unpaired) electrons. The molecule has 0 fully saturated rings. The van der Waals surface area contributed by atoms with Gasteiger partial charge in [0.15, 0.2) is 0 Å². The first kappa shape index (κ1) is 17.1. The highest BCUT2D eigenvalue weighted by Crippen LogP contribution is 2.19. The largest absolute Gasteiger partial charge is 0.383 e. The maximum absolute atomic E-state index is 11.4. The minimum atomic E-state index is -0.0539. The number of aliphatic imine (C=N–C) groups is 1. The first-order chi connectivity index (χ1) is 10.2. The minimum Gasteiger partial charge on any atom is -0.383 e. The Bertz CT molecular complexity index is 477. The number of anilines is 1. The number of ether oxygens (including phenoxy) is 2. The molecule has 0 aliphatic carbocycles. The van der Waals surface area contributed by atoms with Gasteiger partial charge in [0.25, 0.3) is 0 Å². The summed E-state index contributed by atoms with van der Waals surface area (Å²) < 4.78 is 10.4. The standard InChI is InChI=1S/C15H23N3O3/c1-17-15(16)13-6-4-5-7-14(13)18(11-19)9-8-12(21-3)10-20-2/h4-7,11-12H,8-10H2,1-3H3,(H2,16,17). The van der Waals surface area contributed by atoms with Crippen molar-refractivity contribution in [2.45, 2.75) is 12.5 Å². The Morgan fingerprint density at radius 2 is 2.14 bits per heavy atom. The first-order valence-electron chi connectivity index (χ1n) is 6.73. The van der Waals surface area contributed by atoms with Crippen LogP contribution in [-0.4, -0.2) is 52.8 Å². The summed E-state index contributed by atoms with van der Waals surface area (Å²) in [5.41, 5.74) is 7.36. The second kappa shape index (κ2) is 9.10. The van der Waals surface area contributed by atoms with Crippen molar-refractivity contribution in [3.8, 4) is 0 Å². The van der Waals surface area contributed by atoms with Crippen LogP contribution in [0.25, 0.3) is 0 Å². The monoisotopic (exact) mass is 293 g/mol. The van der Waals surface area contributed by atoms with Crippen LogP contribution >= 0.6 is 0 Å². The van der Waals surface area contributed by atoms with E-state index in [4.69, 9.17) is 15.2 Å². The highest BCUT2D eigenvalue weighted by atomic mass is 16.5. The van der Waals surface area contributed by atoms with Crippen molar-refractivity contribution >= 4 is 17.9 Å². The van der Waals surface area contributed by atoms with Crippen molar-refractivity contribution < 1.29 is 14.3 Å². The topological polar surface area (TPSA) is 77.2 Å². The number of benzene rings is 1. The van der Waals surface area contributed by atoms with E-state index in [1.807, 2.05) is 24.3 Å². The maximum Gasteiger partial charge on any atom is 0.214 e. The zero-order chi connectivity index (χ0) is 15.7. The number of nitrogens with zero attached hydrogens (tertiary/aromatic N) is 2. The normalized spacial score (nSPS) is 13.0. The molecule has 6 heteroatoms. The molecular weight excluding hydrogens is 270 g/mol. The van der Waals surface area contributed by atoms with Crippen LogP contribution in [0, 0.1) is 0 Å². The van der Waals surface area contributed by atoms with E-state index in [0.717, 1.165) is 17.7 Å². The predicted octanol–water partition coefficient (Wildman–Crippen LogP) is 1.04. The van der Waals surface area contributed by atoms with Gasteiger partial charge in [0, 0.05) is 33.4 Å². The van der Waals surface area contributed by atoms with Crippen molar-refractivity contribution in [2.24, 2.45) is 10.7 Å². The summed E-state index contributed by atoms with van der Waals surface area (Å²) in [5, 5.41) is 0. The molecule has 1 rings (SSSR count). The van der Waals surface area contributed by atoms with Crippen molar-refractivity contribution in [1.29, 1.82) is 0 Å². The maximum atomic E-state index is 11.4. The highest BCUT2D eigenvalue weighted by Gasteiger charge is 2.15. The lowest BCUT2D eigenvalue weighted by atomic mass is 10.1. The van der Waals surface area contributed by atoms with Gasteiger partial charge in [0.1, 0.15) is 5.84 Å². The van der Waals surface area contributed by atoms with Crippen molar-refractivity contribution in [3.05, 3.63) is 29.8 Å². The van der Waals surface area contributed by atoms with Gasteiger partial charge in [0.2, 0.25) is 6.41 Å². The third-order valence-electron chi connectivity index (χ3n) is 3.24. The SMILES string of the molecule is CN=C(N)c1ccccc1N(C=O)CCC(COC)OC. The number of hydrogen-bond donors (Lipinski definition) is 1. The van der Waals surface area contributed by atoms with E-state index in [9.17, 15) is 4.79 Å². The molecule has 6 nitrogen and oxygen atoms in total. The number of amidine groups is 1. The predicted molar refractivity (Wildman–Crippen MR) is 83.8 cm³/mol. The van der Waals surface area contributed by atoms with Gasteiger partial charge in [-0.1, -0.05) is 12.1 Å². The van der Waals surface area contributed by atoms with Crippen LogP contribution in [0.3, 0.4) is 0 Å². The molecule has 0 bridgehead atoms. The second-order valence-electron chi connectivity index (χ2n) is 4.53. The van der Waals surface area contributed by atoms with E-state index in [1.165, 1.54) is 0 Å². The van der Waals surface area contributed by atoms with Crippen LogP contribution < -0.4 is 10.6 Å². The molecule has 0 heterocycles. The van der Waals surface area contributed by atoms with Crippen LogP contribution in [0.2, 0.25) is 0 Å². The van der Waals surface area contributed by atoms with Gasteiger partial charge in [-0.3, -0.25) is 9.79 Å². The fraction of sp³-hybridized carbons (Fsp3) is 0.467. The fourth-order valence-corrected chi connectivity index (χ4v) is 2.03. The van der Waals surface area contributed by atoms with E-state index < -0.39 is 0 Å². The molecule has 1 unspecified atom stereocenters. The average molecular weight is 293 g/mol. The molecule has 0 aromatic heterocycles. The van der Waals surface area contributed by atoms with Crippen molar-refractivity contribution in [3.63, 3.8) is 0 Å². The van der Waals surface area contributed by atoms with Gasteiger partial charge in [-0.2, -0.15) is 0 Å². The van der Waals surface area contributed by atoms with E-state index in [-0.39, 0.29) is 6.10 Å². The quantitative estimate of drug-likeness (QED) is 0.419. The minimum absolute atomic E-state index is 0.0539. The number of hydrogen-bond acceptors (Lipinski definition) is 4. The van der Waals surface area contributed by atoms with Crippen LogP contribution in [0.5, 0.6) is 0 Å². The zero-order valence-electron chi connectivity index (χ0n) is 12.8. The van der Waals surface area contributed by atoms with E-state index in [2.05, 4.69) is 4.99 Å². The molecule has 2 N–H and O–H groups in total. The van der Waals surface area contributed by atoms with Crippen LogP contribution in [0.15, 0.2) is 29.3 Å². The van der Waals surface area contributed by atoms with Gasteiger partial charge < -0.3 is 20.1 Å². The van der Waals surface area contributed by atoms with E-state index in [0.29, 0.717) is 25.4 Å². The summed E-state index contributed by atoms with van der Waals surface area (Å²) in [4.78, 5) is 17.0. The molecule has 21 heavy (non-hydrogen) atoms. The molecule has 1 aromatic rings. The number of carbonyl (C=O) groups excluding carboxylic acids is 1. The highest BCUT2D eigenvalue weighted by molar-refractivity contribution is 6.04. The zero-order valence-corrected chi connectivity index (χ0v) is 12.8.